The van der Waals surface area contributed by atoms with Gasteiger partial charge in [0.15, 0.2) is 0 Å². The van der Waals surface area contributed by atoms with Crippen molar-refractivity contribution in [3.63, 3.8) is 0 Å². The molecule has 2 rings (SSSR count). The summed E-state index contributed by atoms with van der Waals surface area (Å²) in [5, 5.41) is 14.0. The van der Waals surface area contributed by atoms with Crippen LogP contribution in [0.1, 0.15) is 18.1 Å². The fraction of sp³-hybridized carbons (Fsp3) is 0.231. The largest absolute Gasteiger partial charge is 0.360 e. The molecule has 0 aliphatic carbocycles. The lowest BCUT2D eigenvalue weighted by molar-refractivity contribution is -0.384. The molecule has 0 atom stereocenters. The number of nitro groups is 1. The third-order valence-corrected chi connectivity index (χ3v) is 3.04. The number of hydrazine groups is 1. The van der Waals surface area contributed by atoms with E-state index < -0.39 is 4.92 Å². The second kappa shape index (κ2) is 6.62. The minimum absolute atomic E-state index is 0.117. The zero-order valence-electron chi connectivity index (χ0n) is 11.5. The van der Waals surface area contributed by atoms with Crippen molar-refractivity contribution in [1.29, 1.82) is 0 Å². The van der Waals surface area contributed by atoms with Gasteiger partial charge in [0.2, 0.25) is 11.8 Å². The first-order valence-electron chi connectivity index (χ1n) is 6.44. The zero-order chi connectivity index (χ0) is 15.2. The summed E-state index contributed by atoms with van der Waals surface area (Å²) in [6.45, 7) is 2.49. The number of aromatic nitrogens is 2. The van der Waals surface area contributed by atoms with Crippen LogP contribution in [-0.2, 0) is 13.0 Å². The van der Waals surface area contributed by atoms with Crippen LogP contribution < -0.4 is 16.6 Å². The van der Waals surface area contributed by atoms with E-state index in [0.717, 1.165) is 18.2 Å². The van der Waals surface area contributed by atoms with Gasteiger partial charge in [-0.3, -0.25) is 15.5 Å². The first-order valence-corrected chi connectivity index (χ1v) is 6.44. The van der Waals surface area contributed by atoms with Crippen LogP contribution in [0, 0.1) is 10.1 Å². The maximum absolute atomic E-state index is 11.0. The van der Waals surface area contributed by atoms with Crippen molar-refractivity contribution in [2.45, 2.75) is 19.9 Å². The number of benzene rings is 1. The summed E-state index contributed by atoms with van der Waals surface area (Å²) in [6, 6.07) is 7.89. The summed E-state index contributed by atoms with van der Waals surface area (Å²) in [4.78, 5) is 18.2. The lowest BCUT2D eigenvalue weighted by Gasteiger charge is -2.10. The third kappa shape index (κ3) is 3.42. The highest BCUT2D eigenvalue weighted by molar-refractivity contribution is 5.57. The Morgan fingerprint density at radius 3 is 2.67 bits per heavy atom. The van der Waals surface area contributed by atoms with Gasteiger partial charge in [0.05, 0.1) is 4.92 Å². The molecule has 0 aliphatic heterocycles. The molecule has 0 radical (unpaired) electrons. The van der Waals surface area contributed by atoms with E-state index >= 15 is 0 Å². The number of aryl methyl sites for hydroxylation is 1. The van der Waals surface area contributed by atoms with Gasteiger partial charge in [-0.1, -0.05) is 31.2 Å². The van der Waals surface area contributed by atoms with Crippen molar-refractivity contribution in [3.05, 3.63) is 51.7 Å². The predicted molar refractivity (Wildman–Crippen MR) is 79.6 cm³/mol. The lowest BCUT2D eigenvalue weighted by Crippen LogP contribution is -2.13. The molecule has 2 aromatic rings. The lowest BCUT2D eigenvalue weighted by atomic mass is 10.1. The third-order valence-electron chi connectivity index (χ3n) is 3.04. The summed E-state index contributed by atoms with van der Waals surface area (Å²) in [7, 11) is 0. The number of hydrogen-bond donors (Lipinski definition) is 3. The summed E-state index contributed by atoms with van der Waals surface area (Å²) in [5.41, 5.74) is 4.32. The molecule has 8 nitrogen and oxygen atoms in total. The van der Waals surface area contributed by atoms with Crippen molar-refractivity contribution in [3.8, 4) is 0 Å². The fourth-order valence-electron chi connectivity index (χ4n) is 1.96. The van der Waals surface area contributed by atoms with Crippen molar-refractivity contribution in [1.82, 2.24) is 9.97 Å². The van der Waals surface area contributed by atoms with Crippen LogP contribution in [0.5, 0.6) is 0 Å². The Balaban J connectivity index is 2.24. The van der Waals surface area contributed by atoms with Gasteiger partial charge >= 0.3 is 5.69 Å². The monoisotopic (exact) mass is 288 g/mol. The highest BCUT2D eigenvalue weighted by Gasteiger charge is 2.17. The summed E-state index contributed by atoms with van der Waals surface area (Å²) >= 11 is 0. The Morgan fingerprint density at radius 1 is 1.33 bits per heavy atom. The van der Waals surface area contributed by atoms with E-state index in [4.69, 9.17) is 5.84 Å². The standard InChI is InChI=1S/C13H16N6O2/c1-2-9-5-3-4-6-10(9)7-15-12-11(19(20)21)8-16-13(17-12)18-14/h3-6,8H,2,7,14H2,1H3,(H2,15,16,17,18). The van der Waals surface area contributed by atoms with Gasteiger partial charge in [-0.05, 0) is 17.5 Å². The average Bonchev–Trinajstić information content (AvgIpc) is 2.52. The average molecular weight is 288 g/mol. The Bertz CT molecular complexity index is 646. The van der Waals surface area contributed by atoms with E-state index in [1.807, 2.05) is 24.3 Å². The highest BCUT2D eigenvalue weighted by Crippen LogP contribution is 2.22. The van der Waals surface area contributed by atoms with Crippen LogP contribution in [0.3, 0.4) is 0 Å². The topological polar surface area (TPSA) is 119 Å². The molecule has 1 aromatic carbocycles. The summed E-state index contributed by atoms with van der Waals surface area (Å²) in [5.74, 6) is 5.48. The molecule has 0 unspecified atom stereocenters. The fourth-order valence-corrected chi connectivity index (χ4v) is 1.96. The molecular weight excluding hydrogens is 272 g/mol. The van der Waals surface area contributed by atoms with E-state index in [9.17, 15) is 10.1 Å². The maximum Gasteiger partial charge on any atom is 0.329 e. The number of nitrogens with one attached hydrogen (secondary N) is 2. The highest BCUT2D eigenvalue weighted by atomic mass is 16.6. The molecule has 1 aromatic heterocycles. The molecule has 0 spiro atoms. The van der Waals surface area contributed by atoms with Crippen molar-refractivity contribution in [2.75, 3.05) is 10.7 Å². The van der Waals surface area contributed by atoms with Crippen LogP contribution >= 0.6 is 0 Å². The number of nitrogen functional groups attached to an aromatic ring is 1. The van der Waals surface area contributed by atoms with Gasteiger partial charge in [0, 0.05) is 6.54 Å². The minimum atomic E-state index is -0.533. The number of nitrogens with zero attached hydrogens (tertiary/aromatic N) is 3. The number of hydrogen-bond acceptors (Lipinski definition) is 7. The maximum atomic E-state index is 11.0. The van der Waals surface area contributed by atoms with E-state index in [1.165, 1.54) is 5.56 Å². The van der Waals surface area contributed by atoms with E-state index in [2.05, 4.69) is 27.6 Å². The van der Waals surface area contributed by atoms with Crippen LogP contribution in [0.15, 0.2) is 30.5 Å². The Hall–Kier alpha value is -2.74. The minimum Gasteiger partial charge on any atom is -0.360 e. The van der Waals surface area contributed by atoms with Crippen LogP contribution in [0.2, 0.25) is 0 Å². The second-order valence-corrected chi connectivity index (χ2v) is 4.30. The van der Waals surface area contributed by atoms with E-state index in [-0.39, 0.29) is 17.5 Å². The zero-order valence-corrected chi connectivity index (χ0v) is 11.5. The number of anilines is 2. The van der Waals surface area contributed by atoms with Crippen molar-refractivity contribution >= 4 is 17.5 Å². The molecule has 0 aliphatic rings. The molecule has 21 heavy (non-hydrogen) atoms. The van der Waals surface area contributed by atoms with Crippen LogP contribution in [0.25, 0.3) is 0 Å². The van der Waals surface area contributed by atoms with Gasteiger partial charge in [-0.25, -0.2) is 10.8 Å². The van der Waals surface area contributed by atoms with Gasteiger partial charge in [-0.15, -0.1) is 0 Å². The van der Waals surface area contributed by atoms with E-state index in [0.29, 0.717) is 6.54 Å². The van der Waals surface area contributed by atoms with E-state index in [1.54, 1.807) is 0 Å². The summed E-state index contributed by atoms with van der Waals surface area (Å²) in [6.07, 6.45) is 2.01. The number of nitrogens with two attached hydrogens (primary N) is 1. The molecule has 0 bridgehead atoms. The molecule has 110 valence electrons. The molecule has 8 heteroatoms. The molecule has 1 heterocycles. The smallest absolute Gasteiger partial charge is 0.329 e. The first kappa shape index (κ1) is 14.7. The number of rotatable bonds is 6. The summed E-state index contributed by atoms with van der Waals surface area (Å²) < 4.78 is 0. The Labute approximate surface area is 121 Å². The van der Waals surface area contributed by atoms with Crippen molar-refractivity contribution in [2.24, 2.45) is 5.84 Å². The molecular formula is C13H16N6O2. The molecule has 0 saturated heterocycles. The van der Waals surface area contributed by atoms with Gasteiger partial charge in [-0.2, -0.15) is 4.98 Å². The Kier molecular flexibility index (Phi) is 4.62. The SMILES string of the molecule is CCc1ccccc1CNc1nc(NN)ncc1[N+](=O)[O-]. The normalized spacial score (nSPS) is 10.2. The second-order valence-electron chi connectivity index (χ2n) is 4.30. The predicted octanol–water partition coefficient (Wildman–Crippen LogP) is 1.84. The Morgan fingerprint density at radius 2 is 2.05 bits per heavy atom. The van der Waals surface area contributed by atoms with Crippen LogP contribution in [0.4, 0.5) is 17.5 Å². The quantitative estimate of drug-likeness (QED) is 0.421. The van der Waals surface area contributed by atoms with Gasteiger partial charge < -0.3 is 5.32 Å². The molecule has 0 amide bonds. The van der Waals surface area contributed by atoms with Crippen molar-refractivity contribution < 1.29 is 4.92 Å². The van der Waals surface area contributed by atoms with Gasteiger partial charge in [0.25, 0.3) is 0 Å². The first-order chi connectivity index (χ1) is 10.2. The molecule has 4 N–H and O–H groups in total. The molecule has 0 fully saturated rings. The molecule has 0 saturated carbocycles. The van der Waals surface area contributed by atoms with Gasteiger partial charge in [0.1, 0.15) is 6.20 Å². The van der Waals surface area contributed by atoms with Crippen LogP contribution in [-0.4, -0.2) is 14.9 Å².